The van der Waals surface area contributed by atoms with Crippen LogP contribution < -0.4 is 5.43 Å². The molecule has 0 aromatic heterocycles. The Morgan fingerprint density at radius 1 is 1.04 bits per heavy atom. The third-order valence-corrected chi connectivity index (χ3v) is 4.82. The van der Waals surface area contributed by atoms with Crippen LogP contribution in [0.5, 0.6) is 5.75 Å². The van der Waals surface area contributed by atoms with Gasteiger partial charge in [-0.3, -0.25) is 15.0 Å². The number of carbonyl (C=O) groups excluding carboxylic acids is 2. The van der Waals surface area contributed by atoms with Crippen molar-refractivity contribution in [3.05, 3.63) is 62.6 Å². The first kappa shape index (κ1) is 21.0. The molecule has 0 spiro atoms. The molecule has 2 aromatic rings. The molecule has 27 heavy (non-hydrogen) atoms. The van der Waals surface area contributed by atoms with Gasteiger partial charge in [-0.1, -0.05) is 17.2 Å². The number of hydrogen-bond donors (Lipinski definition) is 2. The molecule has 6 heteroatoms. The maximum atomic E-state index is 13.1. The van der Waals surface area contributed by atoms with Gasteiger partial charge < -0.3 is 5.11 Å². The van der Waals surface area contributed by atoms with E-state index in [9.17, 15) is 14.7 Å². The molecule has 0 aliphatic heterocycles. The normalized spacial score (nSPS) is 11.2. The van der Waals surface area contributed by atoms with Gasteiger partial charge in [0.05, 0.1) is 10.0 Å². The number of hydrazine groups is 1. The summed E-state index contributed by atoms with van der Waals surface area (Å²) in [5, 5.41) is 11.4. The first-order valence-electron chi connectivity index (χ1n) is 8.63. The third-order valence-electron chi connectivity index (χ3n) is 4.18. The summed E-state index contributed by atoms with van der Waals surface area (Å²) in [4.78, 5) is 25.9. The van der Waals surface area contributed by atoms with Crippen LogP contribution in [0.2, 0.25) is 0 Å². The van der Waals surface area contributed by atoms with Crippen LogP contribution in [-0.2, 0) is 0 Å². The van der Waals surface area contributed by atoms with Crippen LogP contribution in [0.1, 0.15) is 58.2 Å². The van der Waals surface area contributed by atoms with Crippen LogP contribution in [-0.4, -0.2) is 27.5 Å². The van der Waals surface area contributed by atoms with Gasteiger partial charge in [0.2, 0.25) is 0 Å². The van der Waals surface area contributed by atoms with Crippen LogP contribution in [0.15, 0.2) is 34.8 Å². The molecule has 0 unspecified atom stereocenters. The average Bonchev–Trinajstić information content (AvgIpc) is 2.55. The summed E-state index contributed by atoms with van der Waals surface area (Å²) in [7, 11) is 0. The molecule has 2 amide bonds. The van der Waals surface area contributed by atoms with Gasteiger partial charge in [-0.25, -0.2) is 5.01 Å². The van der Waals surface area contributed by atoms with Gasteiger partial charge in [0.1, 0.15) is 5.75 Å². The third kappa shape index (κ3) is 4.69. The Kier molecular flexibility index (Phi) is 6.00. The van der Waals surface area contributed by atoms with Crippen LogP contribution in [0, 0.1) is 20.8 Å². The molecule has 0 aliphatic rings. The molecular formula is C21H25BrN2O3. The number of nitrogens with zero attached hydrogens (tertiary/aromatic N) is 1. The van der Waals surface area contributed by atoms with E-state index >= 15 is 0 Å². The number of aromatic hydroxyl groups is 1. The van der Waals surface area contributed by atoms with Gasteiger partial charge in [-0.15, -0.1) is 0 Å². The summed E-state index contributed by atoms with van der Waals surface area (Å²) in [5.41, 5.74) is 5.29. The lowest BCUT2D eigenvalue weighted by Gasteiger charge is -2.35. The fourth-order valence-electron chi connectivity index (χ4n) is 2.83. The van der Waals surface area contributed by atoms with Crippen molar-refractivity contribution < 1.29 is 14.7 Å². The Hall–Kier alpha value is -2.34. The lowest BCUT2D eigenvalue weighted by molar-refractivity contribution is 0.0358. The predicted molar refractivity (Wildman–Crippen MR) is 110 cm³/mol. The number of phenols is 1. The second-order valence-electron chi connectivity index (χ2n) is 7.70. The van der Waals surface area contributed by atoms with Crippen molar-refractivity contribution in [1.82, 2.24) is 10.4 Å². The van der Waals surface area contributed by atoms with E-state index in [1.165, 1.54) is 5.01 Å². The number of hydrogen-bond acceptors (Lipinski definition) is 3. The molecule has 2 rings (SSSR count). The zero-order valence-corrected chi connectivity index (χ0v) is 18.1. The number of phenolic OH excluding ortho intramolecular Hbond substituents is 1. The molecule has 2 aromatic carbocycles. The van der Waals surface area contributed by atoms with Gasteiger partial charge in [-0.2, -0.15) is 0 Å². The fourth-order valence-corrected chi connectivity index (χ4v) is 3.25. The molecule has 0 fully saturated rings. The molecule has 0 aliphatic carbocycles. The van der Waals surface area contributed by atoms with E-state index in [0.29, 0.717) is 21.2 Å². The van der Waals surface area contributed by atoms with Crippen molar-refractivity contribution >= 4 is 27.7 Å². The van der Waals surface area contributed by atoms with Crippen LogP contribution in [0.4, 0.5) is 0 Å². The Morgan fingerprint density at radius 3 is 2.11 bits per heavy atom. The minimum Gasteiger partial charge on any atom is -0.506 e. The van der Waals surface area contributed by atoms with Crippen LogP contribution >= 0.6 is 15.9 Å². The van der Waals surface area contributed by atoms with E-state index in [-0.39, 0.29) is 11.7 Å². The molecule has 0 saturated carbocycles. The number of aryl methyl sites for hydroxylation is 2. The second-order valence-corrected chi connectivity index (χ2v) is 8.55. The maximum Gasteiger partial charge on any atom is 0.272 e. The number of amides is 2. The minimum atomic E-state index is -0.643. The first-order valence-corrected chi connectivity index (χ1v) is 9.43. The van der Waals surface area contributed by atoms with Gasteiger partial charge in [0.15, 0.2) is 0 Å². The highest BCUT2D eigenvalue weighted by molar-refractivity contribution is 9.10. The molecule has 0 bridgehead atoms. The van der Waals surface area contributed by atoms with Crippen molar-refractivity contribution in [3.8, 4) is 5.75 Å². The van der Waals surface area contributed by atoms with Crippen LogP contribution in [0.3, 0.4) is 0 Å². The first-order chi connectivity index (χ1) is 12.4. The topological polar surface area (TPSA) is 69.6 Å². The van der Waals surface area contributed by atoms with Crippen molar-refractivity contribution in [2.75, 3.05) is 0 Å². The Balaban J connectivity index is 2.39. The Morgan fingerprint density at radius 2 is 1.59 bits per heavy atom. The summed E-state index contributed by atoms with van der Waals surface area (Å²) >= 11 is 3.23. The number of carbonyl (C=O) groups is 2. The molecule has 0 heterocycles. The van der Waals surface area contributed by atoms with E-state index in [4.69, 9.17) is 0 Å². The monoisotopic (exact) mass is 432 g/mol. The van der Waals surface area contributed by atoms with Crippen molar-refractivity contribution in [2.24, 2.45) is 0 Å². The molecule has 0 radical (unpaired) electrons. The summed E-state index contributed by atoms with van der Waals surface area (Å²) in [6.07, 6.45) is 0. The van der Waals surface area contributed by atoms with Gasteiger partial charge in [0, 0.05) is 16.7 Å². The quantitative estimate of drug-likeness (QED) is 0.677. The van der Waals surface area contributed by atoms with Crippen molar-refractivity contribution in [1.29, 1.82) is 0 Å². The largest absolute Gasteiger partial charge is 0.506 e. The highest BCUT2D eigenvalue weighted by Gasteiger charge is 2.30. The highest BCUT2D eigenvalue weighted by Crippen LogP contribution is 2.30. The summed E-state index contributed by atoms with van der Waals surface area (Å²) in [6, 6.07) is 8.81. The molecule has 0 atom stereocenters. The van der Waals surface area contributed by atoms with E-state index in [1.54, 1.807) is 31.2 Å². The maximum absolute atomic E-state index is 13.1. The lowest BCUT2D eigenvalue weighted by atomic mass is 10.0. The van der Waals surface area contributed by atoms with Crippen molar-refractivity contribution in [2.45, 2.75) is 47.1 Å². The number of benzene rings is 2. The summed E-state index contributed by atoms with van der Waals surface area (Å²) in [5.74, 6) is -0.741. The predicted octanol–water partition coefficient (Wildman–Crippen LogP) is 4.67. The van der Waals surface area contributed by atoms with Gasteiger partial charge in [-0.05, 0) is 81.7 Å². The highest BCUT2D eigenvalue weighted by atomic mass is 79.9. The second kappa shape index (κ2) is 7.72. The number of rotatable bonds is 2. The van der Waals surface area contributed by atoms with E-state index in [2.05, 4.69) is 21.4 Å². The van der Waals surface area contributed by atoms with Crippen LogP contribution in [0.25, 0.3) is 0 Å². The van der Waals surface area contributed by atoms with E-state index in [0.717, 1.165) is 11.1 Å². The Labute approximate surface area is 168 Å². The standard InChI is InChI=1S/C21H25BrN2O3/c1-12-9-13(2)11-15(10-12)20(27)24(21(4,5)6)23-19(26)16-7-8-17(22)18(25)14(16)3/h7-11,25H,1-6H3,(H,23,26). The average molecular weight is 433 g/mol. The molecular weight excluding hydrogens is 408 g/mol. The number of nitrogens with one attached hydrogen (secondary N) is 1. The molecule has 5 nitrogen and oxygen atoms in total. The van der Waals surface area contributed by atoms with E-state index < -0.39 is 11.4 Å². The summed E-state index contributed by atoms with van der Waals surface area (Å²) < 4.78 is 0.510. The van der Waals surface area contributed by atoms with Crippen molar-refractivity contribution in [3.63, 3.8) is 0 Å². The smallest absolute Gasteiger partial charge is 0.272 e. The SMILES string of the molecule is Cc1cc(C)cc(C(=O)N(NC(=O)c2ccc(Br)c(O)c2C)C(C)(C)C)c1. The zero-order chi connectivity index (χ0) is 20.5. The zero-order valence-electron chi connectivity index (χ0n) is 16.5. The molecule has 2 N–H and O–H groups in total. The van der Waals surface area contributed by atoms with Gasteiger partial charge in [0.25, 0.3) is 11.8 Å². The molecule has 144 valence electrons. The summed E-state index contributed by atoms with van der Waals surface area (Å²) in [6.45, 7) is 11.1. The van der Waals surface area contributed by atoms with E-state index in [1.807, 2.05) is 40.7 Å². The lowest BCUT2D eigenvalue weighted by Crippen LogP contribution is -2.56. The van der Waals surface area contributed by atoms with Gasteiger partial charge >= 0.3 is 0 Å². The number of halogens is 1. The minimum absolute atomic E-state index is 0.00518. The molecule has 0 saturated heterocycles. The Bertz CT molecular complexity index is 881. The fraction of sp³-hybridized carbons (Fsp3) is 0.333.